The van der Waals surface area contributed by atoms with Gasteiger partial charge in [0.2, 0.25) is 5.91 Å². The predicted octanol–water partition coefficient (Wildman–Crippen LogP) is 3.83. The Morgan fingerprint density at radius 3 is 2.65 bits per heavy atom. The van der Waals surface area contributed by atoms with E-state index in [1.54, 1.807) is 17.4 Å². The molecule has 0 radical (unpaired) electrons. The van der Waals surface area contributed by atoms with E-state index in [1.165, 1.54) is 4.90 Å². The van der Waals surface area contributed by atoms with Crippen LogP contribution in [0, 0.1) is 5.92 Å². The highest BCUT2D eigenvalue weighted by Gasteiger charge is 2.45. The number of anilines is 1. The molecule has 180 valence electrons. The van der Waals surface area contributed by atoms with Crippen molar-refractivity contribution in [1.82, 2.24) is 10.2 Å². The second-order valence-electron chi connectivity index (χ2n) is 10.0. The van der Waals surface area contributed by atoms with Gasteiger partial charge < -0.3 is 15.0 Å². The van der Waals surface area contributed by atoms with Gasteiger partial charge in [-0.15, -0.1) is 0 Å². The monoisotopic (exact) mass is 481 g/mol. The summed E-state index contributed by atoms with van der Waals surface area (Å²) >= 11 is 1.62. The van der Waals surface area contributed by atoms with Gasteiger partial charge in [-0.25, -0.2) is 0 Å². The van der Waals surface area contributed by atoms with Crippen molar-refractivity contribution in [1.29, 1.82) is 0 Å². The second kappa shape index (κ2) is 9.15. The van der Waals surface area contributed by atoms with Crippen LogP contribution in [-0.2, 0) is 16.1 Å². The van der Waals surface area contributed by atoms with Gasteiger partial charge in [-0.1, -0.05) is 6.07 Å². The zero-order valence-corrected chi connectivity index (χ0v) is 20.5. The van der Waals surface area contributed by atoms with E-state index < -0.39 is 0 Å². The summed E-state index contributed by atoms with van der Waals surface area (Å²) in [5.74, 6) is -0.352. The van der Waals surface area contributed by atoms with Crippen LogP contribution in [0.15, 0.2) is 35.0 Å². The first-order valence-corrected chi connectivity index (χ1v) is 13.0. The van der Waals surface area contributed by atoms with Crippen LogP contribution in [0.25, 0.3) is 0 Å². The third-order valence-electron chi connectivity index (χ3n) is 7.21. The third kappa shape index (κ3) is 4.36. The average Bonchev–Trinajstić information content (AvgIpc) is 3.43. The summed E-state index contributed by atoms with van der Waals surface area (Å²) in [4.78, 5) is 43.0. The highest BCUT2D eigenvalue weighted by Crippen LogP contribution is 2.38. The van der Waals surface area contributed by atoms with Gasteiger partial charge in [0, 0.05) is 38.2 Å². The Kier molecular flexibility index (Phi) is 6.20. The summed E-state index contributed by atoms with van der Waals surface area (Å²) < 4.78 is 5.80. The van der Waals surface area contributed by atoms with E-state index in [-0.39, 0.29) is 35.3 Å². The minimum atomic E-state index is -0.354. The van der Waals surface area contributed by atoms with Crippen molar-refractivity contribution in [2.75, 3.05) is 24.6 Å². The fraction of sp³-hybridized carbons (Fsp3) is 0.500. The molecule has 1 aromatic carbocycles. The predicted molar refractivity (Wildman–Crippen MR) is 131 cm³/mol. The number of imide groups is 1. The van der Waals surface area contributed by atoms with E-state index in [0.717, 1.165) is 24.1 Å². The first-order chi connectivity index (χ1) is 16.3. The van der Waals surface area contributed by atoms with E-state index in [4.69, 9.17) is 4.74 Å². The minimum Gasteiger partial charge on any atom is -0.375 e. The summed E-state index contributed by atoms with van der Waals surface area (Å²) in [5.41, 5.74) is 2.57. The number of benzene rings is 1. The molecule has 1 unspecified atom stereocenters. The molecule has 2 saturated heterocycles. The van der Waals surface area contributed by atoms with Crippen LogP contribution in [0.4, 0.5) is 5.69 Å². The van der Waals surface area contributed by atoms with Gasteiger partial charge in [-0.05, 0) is 74.1 Å². The molecule has 2 fully saturated rings. The van der Waals surface area contributed by atoms with Crippen LogP contribution >= 0.6 is 11.3 Å². The second-order valence-corrected chi connectivity index (χ2v) is 10.8. The molecule has 1 N–H and O–H groups in total. The summed E-state index contributed by atoms with van der Waals surface area (Å²) in [5, 5.41) is 7.10. The number of thiophene rings is 1. The fourth-order valence-corrected chi connectivity index (χ4v) is 6.08. The highest BCUT2D eigenvalue weighted by atomic mass is 32.1. The van der Waals surface area contributed by atoms with Crippen LogP contribution in [0.2, 0.25) is 0 Å². The number of piperidine rings is 1. The van der Waals surface area contributed by atoms with E-state index in [9.17, 15) is 14.4 Å². The topological polar surface area (TPSA) is 79.0 Å². The lowest BCUT2D eigenvalue weighted by molar-refractivity contribution is -0.125. The van der Waals surface area contributed by atoms with Crippen molar-refractivity contribution in [3.05, 3.63) is 51.7 Å². The Bertz CT molecular complexity index is 1090. The number of nitrogens with one attached hydrogen (secondary N) is 1. The molecule has 4 heterocycles. The number of nitrogens with zero attached hydrogens (tertiary/aromatic N) is 2. The Morgan fingerprint density at radius 1 is 1.15 bits per heavy atom. The minimum absolute atomic E-state index is 0.0371. The number of hydrogen-bond donors (Lipinski definition) is 1. The van der Waals surface area contributed by atoms with Gasteiger partial charge >= 0.3 is 0 Å². The smallest absolute Gasteiger partial charge is 0.263 e. The molecule has 3 aliphatic heterocycles. The zero-order valence-electron chi connectivity index (χ0n) is 19.7. The van der Waals surface area contributed by atoms with Gasteiger partial charge in [0.15, 0.2) is 0 Å². The molecule has 2 aromatic rings. The molecule has 0 aliphatic carbocycles. The highest BCUT2D eigenvalue weighted by molar-refractivity contribution is 7.07. The first-order valence-electron chi connectivity index (χ1n) is 12.0. The Balaban J connectivity index is 1.27. The van der Waals surface area contributed by atoms with Crippen molar-refractivity contribution in [3.63, 3.8) is 0 Å². The van der Waals surface area contributed by atoms with Crippen molar-refractivity contribution in [3.8, 4) is 0 Å². The molecule has 0 bridgehead atoms. The van der Waals surface area contributed by atoms with E-state index in [0.29, 0.717) is 50.2 Å². The molecule has 8 heteroatoms. The standard InChI is InChI=1S/C26H31N3O4S/c1-26(2)14-19(8-12-33-26)29-24(31)20-4-3-5-21(22(20)25(29)32)28-10-6-18(7-11-28)23(30)27-15-17-9-13-34-16-17/h3-5,9,13,16,18-19H,6-8,10-12,14-15H2,1-2H3,(H,27,30). The van der Waals surface area contributed by atoms with Gasteiger partial charge in [0.05, 0.1) is 22.4 Å². The van der Waals surface area contributed by atoms with Crippen LogP contribution in [0.5, 0.6) is 0 Å². The maximum atomic E-state index is 13.5. The summed E-state index contributed by atoms with van der Waals surface area (Å²) in [6.07, 6.45) is 2.74. The number of ether oxygens (including phenoxy) is 1. The van der Waals surface area contributed by atoms with Gasteiger partial charge in [-0.3, -0.25) is 19.3 Å². The van der Waals surface area contributed by atoms with Gasteiger partial charge in [0.25, 0.3) is 11.8 Å². The van der Waals surface area contributed by atoms with Crippen LogP contribution < -0.4 is 10.2 Å². The number of amides is 3. The third-order valence-corrected chi connectivity index (χ3v) is 7.95. The Morgan fingerprint density at radius 2 is 1.94 bits per heavy atom. The molecular weight excluding hydrogens is 450 g/mol. The lowest BCUT2D eigenvalue weighted by Gasteiger charge is -2.39. The van der Waals surface area contributed by atoms with Gasteiger partial charge in [0.1, 0.15) is 0 Å². The molecule has 3 amide bonds. The SMILES string of the molecule is CC1(C)CC(N2C(=O)c3cccc(N4CCC(C(=O)NCc5ccsc5)CC4)c3C2=O)CCO1. The first kappa shape index (κ1) is 23.1. The quantitative estimate of drug-likeness (QED) is 0.657. The number of fused-ring (bicyclic) bond motifs is 1. The number of carbonyl (C=O) groups excluding carboxylic acids is 3. The van der Waals surface area contributed by atoms with Crippen LogP contribution in [0.1, 0.15) is 65.8 Å². The zero-order chi connectivity index (χ0) is 23.9. The Labute approximate surface area is 204 Å². The van der Waals surface area contributed by atoms with Crippen molar-refractivity contribution >= 4 is 34.7 Å². The van der Waals surface area contributed by atoms with Crippen molar-refractivity contribution < 1.29 is 19.1 Å². The summed E-state index contributed by atoms with van der Waals surface area (Å²) in [6, 6.07) is 7.41. The largest absolute Gasteiger partial charge is 0.375 e. The van der Waals surface area contributed by atoms with Crippen LogP contribution in [0.3, 0.4) is 0 Å². The molecule has 5 rings (SSSR count). The Hall–Kier alpha value is -2.71. The summed E-state index contributed by atoms with van der Waals surface area (Å²) in [6.45, 7) is 6.47. The van der Waals surface area contributed by atoms with Gasteiger partial charge in [-0.2, -0.15) is 11.3 Å². The van der Waals surface area contributed by atoms with Crippen LogP contribution in [-0.4, -0.2) is 54.0 Å². The maximum absolute atomic E-state index is 13.5. The average molecular weight is 482 g/mol. The molecule has 0 saturated carbocycles. The lowest BCUT2D eigenvalue weighted by Crippen LogP contribution is -2.48. The molecule has 7 nitrogen and oxygen atoms in total. The summed E-state index contributed by atoms with van der Waals surface area (Å²) in [7, 11) is 0. The number of carbonyl (C=O) groups is 3. The molecule has 0 spiro atoms. The normalized spacial score (nSPS) is 22.7. The molecule has 3 aliphatic rings. The van der Waals surface area contributed by atoms with E-state index >= 15 is 0 Å². The molecule has 34 heavy (non-hydrogen) atoms. The van der Waals surface area contributed by atoms with E-state index in [2.05, 4.69) is 10.2 Å². The van der Waals surface area contributed by atoms with Crippen molar-refractivity contribution in [2.45, 2.75) is 57.7 Å². The maximum Gasteiger partial charge on any atom is 0.263 e. The van der Waals surface area contributed by atoms with Crippen molar-refractivity contribution in [2.24, 2.45) is 5.92 Å². The number of hydrogen-bond acceptors (Lipinski definition) is 6. The molecule has 1 aromatic heterocycles. The molecule has 1 atom stereocenters. The molecular formula is C26H31N3O4S. The number of rotatable bonds is 5. The van der Waals surface area contributed by atoms with E-state index in [1.807, 2.05) is 42.8 Å². The fourth-order valence-electron chi connectivity index (χ4n) is 5.41. The lowest BCUT2D eigenvalue weighted by atomic mass is 9.93.